The summed E-state index contributed by atoms with van der Waals surface area (Å²) < 4.78 is 45.6. The molecule has 0 bridgehead atoms. The van der Waals surface area contributed by atoms with E-state index in [0.717, 1.165) is 29.3 Å². The van der Waals surface area contributed by atoms with E-state index in [0.29, 0.717) is 24.4 Å². The zero-order chi connectivity index (χ0) is 22.1. The van der Waals surface area contributed by atoms with Gasteiger partial charge in [0.05, 0.1) is 5.75 Å². The van der Waals surface area contributed by atoms with E-state index in [9.17, 15) is 17.9 Å². The van der Waals surface area contributed by atoms with E-state index in [1.165, 1.54) is 11.7 Å². The SMILES string of the molecule is CNS(=O)(=O)Cc1ccc2c(C3CCN(P(=O)(O)Oc4ccccc4)CC3)c[nH]c2c1. The number of nitrogens with zero attached hydrogens (tertiary/aromatic N) is 1. The first-order valence-electron chi connectivity index (χ1n) is 10.1. The van der Waals surface area contributed by atoms with Crippen molar-refractivity contribution in [2.24, 2.45) is 0 Å². The Labute approximate surface area is 181 Å². The molecule has 0 spiro atoms. The van der Waals surface area contributed by atoms with Crippen LogP contribution in [0.2, 0.25) is 0 Å². The van der Waals surface area contributed by atoms with Crippen LogP contribution in [0.3, 0.4) is 0 Å². The third kappa shape index (κ3) is 5.02. The number of benzene rings is 2. The van der Waals surface area contributed by atoms with Crippen LogP contribution in [0.5, 0.6) is 5.75 Å². The Hall–Kier alpha value is -2.16. The Morgan fingerprint density at radius 1 is 1.19 bits per heavy atom. The second kappa shape index (κ2) is 8.76. The first-order valence-corrected chi connectivity index (χ1v) is 13.3. The van der Waals surface area contributed by atoms with E-state index in [1.54, 1.807) is 24.3 Å². The van der Waals surface area contributed by atoms with Crippen LogP contribution < -0.4 is 9.25 Å². The Balaban J connectivity index is 1.44. The highest BCUT2D eigenvalue weighted by atomic mass is 32.2. The summed E-state index contributed by atoms with van der Waals surface area (Å²) in [5.74, 6) is 0.552. The van der Waals surface area contributed by atoms with Crippen LogP contribution in [0.15, 0.2) is 54.7 Å². The van der Waals surface area contributed by atoms with Crippen LogP contribution in [-0.2, 0) is 20.3 Å². The van der Waals surface area contributed by atoms with Crippen molar-refractivity contribution in [1.82, 2.24) is 14.4 Å². The van der Waals surface area contributed by atoms with Crippen LogP contribution >= 0.6 is 7.75 Å². The quantitative estimate of drug-likeness (QED) is 0.462. The number of aromatic amines is 1. The first-order chi connectivity index (χ1) is 14.8. The lowest BCUT2D eigenvalue weighted by Crippen LogP contribution is -2.31. The van der Waals surface area contributed by atoms with Crippen LogP contribution in [0.25, 0.3) is 10.9 Å². The van der Waals surface area contributed by atoms with Gasteiger partial charge in [0.15, 0.2) is 0 Å². The molecule has 3 N–H and O–H groups in total. The number of piperidine rings is 1. The molecule has 1 aliphatic rings. The van der Waals surface area contributed by atoms with Crippen LogP contribution in [0, 0.1) is 0 Å². The number of rotatable bonds is 7. The molecule has 1 atom stereocenters. The maximum absolute atomic E-state index is 12.7. The smallest absolute Gasteiger partial charge is 0.413 e. The van der Waals surface area contributed by atoms with Gasteiger partial charge in [0.1, 0.15) is 5.75 Å². The lowest BCUT2D eigenvalue weighted by molar-refractivity contribution is 0.239. The Morgan fingerprint density at radius 3 is 2.58 bits per heavy atom. The Kier molecular flexibility index (Phi) is 6.23. The van der Waals surface area contributed by atoms with E-state index < -0.39 is 17.8 Å². The van der Waals surface area contributed by atoms with Crippen molar-refractivity contribution in [1.29, 1.82) is 0 Å². The molecule has 31 heavy (non-hydrogen) atoms. The predicted molar refractivity (Wildman–Crippen MR) is 120 cm³/mol. The van der Waals surface area contributed by atoms with Gasteiger partial charge in [0, 0.05) is 30.2 Å². The molecular formula is C21H26N3O5PS. The Bertz CT molecular complexity index is 1200. The minimum Gasteiger partial charge on any atom is -0.413 e. The van der Waals surface area contributed by atoms with Gasteiger partial charge in [-0.3, -0.25) is 0 Å². The predicted octanol–water partition coefficient (Wildman–Crippen LogP) is 3.58. The summed E-state index contributed by atoms with van der Waals surface area (Å²) in [7, 11) is -5.83. The lowest BCUT2D eigenvalue weighted by atomic mass is 9.90. The summed E-state index contributed by atoms with van der Waals surface area (Å²) in [6.07, 6.45) is 3.41. The van der Waals surface area contributed by atoms with Gasteiger partial charge in [0.2, 0.25) is 10.0 Å². The molecule has 0 radical (unpaired) electrons. The summed E-state index contributed by atoms with van der Waals surface area (Å²) in [5, 5.41) is 1.05. The zero-order valence-electron chi connectivity index (χ0n) is 17.2. The molecule has 2 aromatic carbocycles. The fourth-order valence-corrected chi connectivity index (χ4v) is 6.03. The van der Waals surface area contributed by atoms with Gasteiger partial charge in [-0.25, -0.2) is 17.7 Å². The summed E-state index contributed by atoms with van der Waals surface area (Å²) in [5.41, 5.74) is 2.75. The van der Waals surface area contributed by atoms with E-state index in [1.807, 2.05) is 30.5 Å². The molecule has 1 aromatic heterocycles. The van der Waals surface area contributed by atoms with Crippen molar-refractivity contribution in [2.45, 2.75) is 24.5 Å². The van der Waals surface area contributed by atoms with Crippen molar-refractivity contribution in [2.75, 3.05) is 20.1 Å². The number of H-pyrrole nitrogens is 1. The van der Waals surface area contributed by atoms with Crippen LogP contribution in [0.4, 0.5) is 0 Å². The molecule has 1 unspecified atom stereocenters. The van der Waals surface area contributed by atoms with Gasteiger partial charge in [-0.05, 0) is 55.1 Å². The largest absolute Gasteiger partial charge is 0.458 e. The molecule has 10 heteroatoms. The van der Waals surface area contributed by atoms with Crippen molar-refractivity contribution < 1.29 is 22.4 Å². The summed E-state index contributed by atoms with van der Waals surface area (Å²) in [6.45, 7) is 0.910. The average Bonchev–Trinajstić information content (AvgIpc) is 3.17. The van der Waals surface area contributed by atoms with Gasteiger partial charge < -0.3 is 14.4 Å². The molecular weight excluding hydrogens is 437 g/mol. The van der Waals surface area contributed by atoms with E-state index in [2.05, 4.69) is 9.71 Å². The molecule has 2 heterocycles. The molecule has 0 saturated carbocycles. The number of para-hydroxylation sites is 1. The van der Waals surface area contributed by atoms with Gasteiger partial charge in [-0.2, -0.15) is 4.67 Å². The molecule has 1 fully saturated rings. The molecule has 0 aliphatic carbocycles. The molecule has 1 aliphatic heterocycles. The van der Waals surface area contributed by atoms with Crippen LogP contribution in [-0.4, -0.2) is 43.1 Å². The number of hydrogen-bond donors (Lipinski definition) is 3. The Morgan fingerprint density at radius 2 is 1.90 bits per heavy atom. The fourth-order valence-electron chi connectivity index (χ4n) is 4.02. The second-order valence-electron chi connectivity index (χ2n) is 7.71. The van der Waals surface area contributed by atoms with E-state index in [-0.39, 0.29) is 11.7 Å². The number of fused-ring (bicyclic) bond motifs is 1. The minimum absolute atomic E-state index is 0.0701. The van der Waals surface area contributed by atoms with Gasteiger partial charge in [-0.1, -0.05) is 30.3 Å². The van der Waals surface area contributed by atoms with Crippen LogP contribution in [0.1, 0.15) is 29.9 Å². The first kappa shape index (κ1) is 22.0. The normalized spacial score (nSPS) is 18.1. The molecule has 166 valence electrons. The summed E-state index contributed by atoms with van der Waals surface area (Å²) in [6, 6.07) is 14.3. The second-order valence-corrected chi connectivity index (χ2v) is 11.4. The highest BCUT2D eigenvalue weighted by Gasteiger charge is 2.35. The van der Waals surface area contributed by atoms with Crippen molar-refractivity contribution >= 4 is 28.7 Å². The molecule has 3 aromatic rings. The number of hydrogen-bond acceptors (Lipinski definition) is 4. The molecule has 0 amide bonds. The average molecular weight is 463 g/mol. The third-order valence-corrected chi connectivity index (χ3v) is 8.58. The topological polar surface area (TPSA) is 112 Å². The van der Waals surface area contributed by atoms with Crippen molar-refractivity contribution in [3.63, 3.8) is 0 Å². The maximum atomic E-state index is 12.7. The van der Waals surface area contributed by atoms with E-state index in [4.69, 9.17) is 4.52 Å². The third-order valence-electron chi connectivity index (χ3n) is 5.68. The highest BCUT2D eigenvalue weighted by Crippen LogP contribution is 2.49. The number of aromatic nitrogens is 1. The summed E-state index contributed by atoms with van der Waals surface area (Å²) in [4.78, 5) is 13.7. The molecule has 1 saturated heterocycles. The molecule has 4 rings (SSSR count). The van der Waals surface area contributed by atoms with E-state index >= 15 is 0 Å². The molecule has 8 nitrogen and oxygen atoms in total. The van der Waals surface area contributed by atoms with Crippen molar-refractivity contribution in [3.8, 4) is 5.75 Å². The number of nitrogens with one attached hydrogen (secondary N) is 2. The fraction of sp³-hybridized carbons (Fsp3) is 0.333. The highest BCUT2D eigenvalue weighted by molar-refractivity contribution is 7.88. The zero-order valence-corrected chi connectivity index (χ0v) is 18.9. The number of sulfonamides is 1. The standard InChI is InChI=1S/C21H26N3O5PS/c1-22-31(27,28)15-16-7-8-19-20(14-23-21(19)13-16)17-9-11-24(12-10-17)30(25,26)29-18-5-3-2-4-6-18/h2-8,13-14,17,22-23H,9-12,15H2,1H3,(H,25,26). The van der Waals surface area contributed by atoms with Gasteiger partial charge in [0.25, 0.3) is 0 Å². The van der Waals surface area contributed by atoms with Gasteiger partial charge in [-0.15, -0.1) is 0 Å². The monoisotopic (exact) mass is 463 g/mol. The lowest BCUT2D eigenvalue weighted by Gasteiger charge is -2.33. The minimum atomic E-state index is -3.91. The maximum Gasteiger partial charge on any atom is 0.458 e. The van der Waals surface area contributed by atoms with Gasteiger partial charge >= 0.3 is 7.75 Å². The van der Waals surface area contributed by atoms with Crippen molar-refractivity contribution in [3.05, 3.63) is 65.9 Å². The summed E-state index contributed by atoms with van der Waals surface area (Å²) >= 11 is 0.